The Kier molecular flexibility index (Phi) is 5.34. The molecule has 0 bridgehead atoms. The lowest BCUT2D eigenvalue weighted by molar-refractivity contribution is 0.548. The monoisotopic (exact) mass is 283 g/mol. The van der Waals surface area contributed by atoms with Crippen LogP contribution in [0.15, 0.2) is 42.5 Å². The molecule has 0 unspecified atom stereocenters. The number of anilines is 2. The summed E-state index contributed by atoms with van der Waals surface area (Å²) in [6.45, 7) is 8.37. The van der Waals surface area contributed by atoms with Gasteiger partial charge in [-0.15, -0.1) is 0 Å². The van der Waals surface area contributed by atoms with E-state index in [1.165, 1.54) is 11.3 Å². The first-order valence-corrected chi connectivity index (χ1v) is 7.54. The Morgan fingerprint density at radius 2 is 1.86 bits per heavy atom. The van der Waals surface area contributed by atoms with Crippen molar-refractivity contribution >= 4 is 11.5 Å². The third kappa shape index (κ3) is 4.30. The fourth-order valence-electron chi connectivity index (χ4n) is 2.30. The summed E-state index contributed by atoms with van der Waals surface area (Å²) in [6.07, 6.45) is 0. The van der Waals surface area contributed by atoms with Crippen molar-refractivity contribution in [2.24, 2.45) is 5.92 Å². The van der Waals surface area contributed by atoms with E-state index >= 15 is 0 Å². The second kappa shape index (κ2) is 7.23. The summed E-state index contributed by atoms with van der Waals surface area (Å²) in [4.78, 5) is 6.89. The average molecular weight is 283 g/mol. The van der Waals surface area contributed by atoms with Gasteiger partial charge in [0, 0.05) is 19.3 Å². The van der Waals surface area contributed by atoms with E-state index < -0.39 is 0 Å². The number of aryl methyl sites for hydroxylation is 1. The SMILES string of the molecule is Cc1ccccc1N(C)c1cccc(CNCC(C)C)n1. The molecule has 2 rings (SSSR count). The van der Waals surface area contributed by atoms with Crippen molar-refractivity contribution in [2.45, 2.75) is 27.3 Å². The molecule has 2 aromatic rings. The van der Waals surface area contributed by atoms with E-state index in [-0.39, 0.29) is 0 Å². The van der Waals surface area contributed by atoms with Gasteiger partial charge in [-0.25, -0.2) is 4.98 Å². The number of hydrogen-bond donors (Lipinski definition) is 1. The van der Waals surface area contributed by atoms with Crippen molar-refractivity contribution in [1.82, 2.24) is 10.3 Å². The summed E-state index contributed by atoms with van der Waals surface area (Å²) in [6, 6.07) is 14.6. The van der Waals surface area contributed by atoms with Crippen molar-refractivity contribution in [3.63, 3.8) is 0 Å². The Morgan fingerprint density at radius 3 is 2.57 bits per heavy atom. The maximum Gasteiger partial charge on any atom is 0.133 e. The molecule has 0 saturated carbocycles. The van der Waals surface area contributed by atoms with Gasteiger partial charge in [-0.05, 0) is 43.1 Å². The number of pyridine rings is 1. The topological polar surface area (TPSA) is 28.2 Å². The molecule has 112 valence electrons. The van der Waals surface area contributed by atoms with Crippen molar-refractivity contribution in [3.05, 3.63) is 53.7 Å². The zero-order valence-corrected chi connectivity index (χ0v) is 13.4. The molecule has 3 nitrogen and oxygen atoms in total. The summed E-state index contributed by atoms with van der Waals surface area (Å²) >= 11 is 0. The van der Waals surface area contributed by atoms with Gasteiger partial charge in [0.05, 0.1) is 5.69 Å². The van der Waals surface area contributed by atoms with Gasteiger partial charge >= 0.3 is 0 Å². The number of aromatic nitrogens is 1. The largest absolute Gasteiger partial charge is 0.329 e. The number of nitrogens with one attached hydrogen (secondary N) is 1. The Bertz CT molecular complexity index is 578. The summed E-state index contributed by atoms with van der Waals surface area (Å²) in [5.41, 5.74) is 3.52. The smallest absolute Gasteiger partial charge is 0.133 e. The van der Waals surface area contributed by atoms with Gasteiger partial charge < -0.3 is 10.2 Å². The molecule has 0 amide bonds. The molecule has 0 saturated heterocycles. The van der Waals surface area contributed by atoms with Crippen LogP contribution in [0.3, 0.4) is 0 Å². The Morgan fingerprint density at radius 1 is 1.10 bits per heavy atom. The first-order chi connectivity index (χ1) is 10.1. The molecule has 3 heteroatoms. The van der Waals surface area contributed by atoms with Gasteiger partial charge in [-0.3, -0.25) is 0 Å². The highest BCUT2D eigenvalue weighted by molar-refractivity contribution is 5.62. The van der Waals surface area contributed by atoms with Crippen LogP contribution >= 0.6 is 0 Å². The van der Waals surface area contributed by atoms with Crippen LogP contribution in [0.2, 0.25) is 0 Å². The molecule has 0 radical (unpaired) electrons. The second-order valence-corrected chi connectivity index (χ2v) is 5.86. The molecule has 0 aliphatic carbocycles. The molecule has 0 aliphatic heterocycles. The zero-order chi connectivity index (χ0) is 15.2. The lowest BCUT2D eigenvalue weighted by atomic mass is 10.2. The van der Waals surface area contributed by atoms with Gasteiger partial charge in [-0.1, -0.05) is 38.1 Å². The van der Waals surface area contributed by atoms with Crippen LogP contribution in [0.25, 0.3) is 0 Å². The van der Waals surface area contributed by atoms with Crippen LogP contribution in [0.1, 0.15) is 25.1 Å². The highest BCUT2D eigenvalue weighted by Crippen LogP contribution is 2.24. The van der Waals surface area contributed by atoms with Gasteiger partial charge in [-0.2, -0.15) is 0 Å². The molecule has 0 fully saturated rings. The third-order valence-corrected chi connectivity index (χ3v) is 3.47. The summed E-state index contributed by atoms with van der Waals surface area (Å²) in [7, 11) is 2.07. The summed E-state index contributed by atoms with van der Waals surface area (Å²) < 4.78 is 0. The standard InChI is InChI=1S/C18H25N3/c1-14(2)12-19-13-16-9-7-11-18(20-16)21(4)17-10-6-5-8-15(17)3/h5-11,14,19H,12-13H2,1-4H3. The molecule has 21 heavy (non-hydrogen) atoms. The van der Waals surface area contributed by atoms with Crippen LogP contribution in [-0.2, 0) is 6.54 Å². The lowest BCUT2D eigenvalue weighted by Gasteiger charge is -2.21. The number of hydrogen-bond acceptors (Lipinski definition) is 3. The highest BCUT2D eigenvalue weighted by atomic mass is 15.2. The van der Waals surface area contributed by atoms with E-state index in [4.69, 9.17) is 4.98 Å². The number of benzene rings is 1. The summed E-state index contributed by atoms with van der Waals surface area (Å²) in [5.74, 6) is 1.64. The first-order valence-electron chi connectivity index (χ1n) is 7.54. The predicted octanol–water partition coefficient (Wildman–Crippen LogP) is 3.90. The molecule has 1 N–H and O–H groups in total. The zero-order valence-electron chi connectivity index (χ0n) is 13.4. The van der Waals surface area contributed by atoms with Crippen LogP contribution < -0.4 is 10.2 Å². The van der Waals surface area contributed by atoms with E-state index in [9.17, 15) is 0 Å². The van der Waals surface area contributed by atoms with E-state index in [1.807, 2.05) is 0 Å². The number of nitrogens with zero attached hydrogens (tertiary/aromatic N) is 2. The van der Waals surface area contributed by atoms with Crippen LogP contribution in [0.4, 0.5) is 11.5 Å². The average Bonchev–Trinajstić information content (AvgIpc) is 2.47. The van der Waals surface area contributed by atoms with Crippen LogP contribution in [0, 0.1) is 12.8 Å². The number of rotatable bonds is 6. The molecule has 0 spiro atoms. The molecular formula is C18H25N3. The maximum atomic E-state index is 4.75. The highest BCUT2D eigenvalue weighted by Gasteiger charge is 2.08. The van der Waals surface area contributed by atoms with Gasteiger partial charge in [0.2, 0.25) is 0 Å². The van der Waals surface area contributed by atoms with Gasteiger partial charge in [0.25, 0.3) is 0 Å². The third-order valence-electron chi connectivity index (χ3n) is 3.47. The van der Waals surface area contributed by atoms with E-state index in [1.54, 1.807) is 0 Å². The van der Waals surface area contributed by atoms with Crippen molar-refractivity contribution in [1.29, 1.82) is 0 Å². The van der Waals surface area contributed by atoms with Crippen LogP contribution in [0.5, 0.6) is 0 Å². The second-order valence-electron chi connectivity index (χ2n) is 5.86. The predicted molar refractivity (Wildman–Crippen MR) is 90.0 cm³/mol. The molecule has 0 atom stereocenters. The first kappa shape index (κ1) is 15.5. The number of para-hydroxylation sites is 1. The van der Waals surface area contributed by atoms with Crippen molar-refractivity contribution in [3.8, 4) is 0 Å². The molecule has 1 aromatic heterocycles. The minimum absolute atomic E-state index is 0.655. The Balaban J connectivity index is 2.11. The summed E-state index contributed by atoms with van der Waals surface area (Å²) in [5, 5.41) is 3.44. The maximum absolute atomic E-state index is 4.75. The van der Waals surface area contributed by atoms with Gasteiger partial charge in [0.1, 0.15) is 5.82 Å². The Labute approximate surface area is 128 Å². The van der Waals surface area contributed by atoms with E-state index in [0.29, 0.717) is 5.92 Å². The van der Waals surface area contributed by atoms with Gasteiger partial charge in [0.15, 0.2) is 0 Å². The molecule has 1 heterocycles. The van der Waals surface area contributed by atoms with Crippen LogP contribution in [-0.4, -0.2) is 18.6 Å². The van der Waals surface area contributed by atoms with E-state index in [2.05, 4.69) is 80.5 Å². The van der Waals surface area contributed by atoms with Crippen molar-refractivity contribution in [2.75, 3.05) is 18.5 Å². The quantitative estimate of drug-likeness (QED) is 0.871. The molecular weight excluding hydrogens is 258 g/mol. The lowest BCUT2D eigenvalue weighted by Crippen LogP contribution is -2.20. The Hall–Kier alpha value is -1.87. The van der Waals surface area contributed by atoms with E-state index in [0.717, 1.165) is 24.6 Å². The normalized spacial score (nSPS) is 10.9. The minimum atomic E-state index is 0.655. The van der Waals surface area contributed by atoms with Crippen molar-refractivity contribution < 1.29 is 0 Å². The molecule has 1 aromatic carbocycles. The fraction of sp³-hybridized carbons (Fsp3) is 0.389. The molecule has 0 aliphatic rings. The fourth-order valence-corrected chi connectivity index (χ4v) is 2.30. The minimum Gasteiger partial charge on any atom is -0.329 e.